The van der Waals surface area contributed by atoms with Gasteiger partial charge in [-0.05, 0) is 19.1 Å². The van der Waals surface area contributed by atoms with E-state index in [9.17, 15) is 14.7 Å². The molecule has 2 heterocycles. The fourth-order valence-electron chi connectivity index (χ4n) is 2.99. The van der Waals surface area contributed by atoms with Crippen molar-refractivity contribution in [2.24, 2.45) is 0 Å². The number of esters is 1. The van der Waals surface area contributed by atoms with Crippen molar-refractivity contribution in [1.29, 1.82) is 0 Å². The Bertz CT molecular complexity index is 916. The lowest BCUT2D eigenvalue weighted by Gasteiger charge is -2.20. The minimum Gasteiger partial charge on any atom is -0.508 e. The highest BCUT2D eigenvalue weighted by Crippen LogP contribution is 2.48. The van der Waals surface area contributed by atoms with Crippen molar-refractivity contribution in [3.05, 3.63) is 45.4 Å². The van der Waals surface area contributed by atoms with Crippen LogP contribution in [0.2, 0.25) is 0 Å². The summed E-state index contributed by atoms with van der Waals surface area (Å²) in [6.45, 7) is 1.63. The number of rotatable bonds is 4. The summed E-state index contributed by atoms with van der Waals surface area (Å²) < 4.78 is 22.7. The summed E-state index contributed by atoms with van der Waals surface area (Å²) in [5.74, 6) is 0.0651. The smallest absolute Gasteiger partial charge is 0.341 e. The molecule has 1 aliphatic heterocycles. The Morgan fingerprint density at radius 3 is 2.28 bits per heavy atom. The molecule has 1 unspecified atom stereocenters. The third-order valence-corrected chi connectivity index (χ3v) is 4.03. The number of benzene rings is 1. The Kier molecular flexibility index (Phi) is 4.03. The molecule has 1 N–H and O–H groups in total. The van der Waals surface area contributed by atoms with Crippen molar-refractivity contribution < 1.29 is 28.8 Å². The maximum absolute atomic E-state index is 12.4. The van der Waals surface area contributed by atoms with Gasteiger partial charge in [0, 0.05) is 11.8 Å². The molecule has 0 saturated carbocycles. The summed E-state index contributed by atoms with van der Waals surface area (Å²) in [4.78, 5) is 24.7. The van der Waals surface area contributed by atoms with Gasteiger partial charge < -0.3 is 24.1 Å². The Morgan fingerprint density at radius 1 is 1.04 bits per heavy atom. The zero-order chi connectivity index (χ0) is 18.3. The molecule has 1 atom stereocenters. The van der Waals surface area contributed by atoms with E-state index in [-0.39, 0.29) is 22.8 Å². The van der Waals surface area contributed by atoms with Crippen LogP contribution < -0.4 is 19.8 Å². The number of ether oxygens (including phenoxy) is 4. The van der Waals surface area contributed by atoms with E-state index < -0.39 is 17.8 Å². The van der Waals surface area contributed by atoms with Gasteiger partial charge in [-0.15, -0.1) is 0 Å². The van der Waals surface area contributed by atoms with E-state index in [0.29, 0.717) is 17.0 Å². The molecule has 2 aromatic rings. The van der Waals surface area contributed by atoms with Crippen LogP contribution in [0.25, 0.3) is 0 Å². The van der Waals surface area contributed by atoms with Crippen molar-refractivity contribution in [3.8, 4) is 23.0 Å². The summed E-state index contributed by atoms with van der Waals surface area (Å²) in [5, 5.41) is 9.58. The predicted molar refractivity (Wildman–Crippen MR) is 86.8 cm³/mol. The average molecular weight is 347 g/mol. The Hall–Kier alpha value is -3.16. The second-order valence-electron chi connectivity index (χ2n) is 5.43. The highest BCUT2D eigenvalue weighted by Gasteiger charge is 2.39. The van der Waals surface area contributed by atoms with E-state index in [1.54, 1.807) is 6.92 Å². The first kappa shape index (κ1) is 16.7. The fourth-order valence-corrected chi connectivity index (χ4v) is 2.99. The topological polar surface area (TPSA) is 96.2 Å². The van der Waals surface area contributed by atoms with Crippen LogP contribution in [0.4, 0.5) is 0 Å². The van der Waals surface area contributed by atoms with Gasteiger partial charge in [0.15, 0.2) is 11.5 Å². The first-order valence-corrected chi connectivity index (χ1v) is 7.38. The molecule has 0 saturated heterocycles. The van der Waals surface area contributed by atoms with E-state index in [4.69, 9.17) is 18.9 Å². The minimum atomic E-state index is -1.04. The molecule has 1 aromatic carbocycles. The van der Waals surface area contributed by atoms with Crippen LogP contribution in [-0.2, 0) is 4.74 Å². The predicted octanol–water partition coefficient (Wildman–Crippen LogP) is 1.61. The summed E-state index contributed by atoms with van der Waals surface area (Å²) in [6, 6.07) is 3.94. The van der Waals surface area contributed by atoms with Gasteiger partial charge in [-0.25, -0.2) is 4.79 Å². The largest absolute Gasteiger partial charge is 0.508 e. The number of carbonyl (C=O) groups is 1. The molecule has 8 nitrogen and oxygen atoms in total. The van der Waals surface area contributed by atoms with Gasteiger partial charge in [-0.2, -0.15) is 0 Å². The molecule has 1 aliphatic rings. The van der Waals surface area contributed by atoms with Crippen LogP contribution in [0.15, 0.2) is 23.0 Å². The van der Waals surface area contributed by atoms with Crippen molar-refractivity contribution in [2.45, 2.75) is 13.2 Å². The van der Waals surface area contributed by atoms with Gasteiger partial charge in [-0.3, -0.25) is 9.36 Å². The summed E-state index contributed by atoms with van der Waals surface area (Å²) in [6.07, 6.45) is -1.04. The summed E-state index contributed by atoms with van der Waals surface area (Å²) in [7, 11) is 4.30. The van der Waals surface area contributed by atoms with Crippen molar-refractivity contribution in [3.63, 3.8) is 0 Å². The van der Waals surface area contributed by atoms with E-state index in [0.717, 1.165) is 6.07 Å². The minimum absolute atomic E-state index is 0.164. The number of pyridine rings is 1. The normalized spacial score (nSPS) is 15.5. The number of aromatic nitrogens is 1. The molecule has 25 heavy (non-hydrogen) atoms. The maximum atomic E-state index is 12.4. The molecular weight excluding hydrogens is 330 g/mol. The van der Waals surface area contributed by atoms with Crippen molar-refractivity contribution >= 4 is 5.97 Å². The number of cyclic esters (lactones) is 1. The van der Waals surface area contributed by atoms with E-state index in [1.807, 2.05) is 0 Å². The first-order chi connectivity index (χ1) is 11.9. The lowest BCUT2D eigenvalue weighted by atomic mass is 10.0. The van der Waals surface area contributed by atoms with Crippen LogP contribution >= 0.6 is 0 Å². The third kappa shape index (κ3) is 2.46. The van der Waals surface area contributed by atoms with Gasteiger partial charge in [-0.1, -0.05) is 0 Å². The van der Waals surface area contributed by atoms with E-state index in [1.165, 1.54) is 38.0 Å². The second-order valence-corrected chi connectivity index (χ2v) is 5.43. The molecule has 132 valence electrons. The molecule has 0 aliphatic carbocycles. The van der Waals surface area contributed by atoms with Crippen LogP contribution in [0.5, 0.6) is 23.0 Å². The molecule has 0 bridgehead atoms. The van der Waals surface area contributed by atoms with Crippen molar-refractivity contribution in [2.75, 3.05) is 21.3 Å². The highest BCUT2D eigenvalue weighted by molar-refractivity contribution is 5.96. The Morgan fingerprint density at radius 2 is 1.72 bits per heavy atom. The zero-order valence-electron chi connectivity index (χ0n) is 14.2. The number of nitrogens with zero attached hydrogens (tertiary/aromatic N) is 1. The van der Waals surface area contributed by atoms with Gasteiger partial charge in [0.05, 0.1) is 32.5 Å². The van der Waals surface area contributed by atoms with Gasteiger partial charge in [0.1, 0.15) is 5.75 Å². The zero-order valence-corrected chi connectivity index (χ0v) is 14.2. The number of aromatic hydroxyl groups is 1. The monoisotopic (exact) mass is 347 g/mol. The summed E-state index contributed by atoms with van der Waals surface area (Å²) >= 11 is 0. The highest BCUT2D eigenvalue weighted by atomic mass is 16.6. The van der Waals surface area contributed by atoms with Crippen LogP contribution in [0.1, 0.15) is 27.8 Å². The van der Waals surface area contributed by atoms with Crippen molar-refractivity contribution in [1.82, 2.24) is 4.57 Å². The fraction of sp³-hybridized carbons (Fsp3) is 0.294. The standard InChI is InChI=1S/C17H17NO7/c1-8-5-9(19)6-12(20)18(8)16-13-10(17(21)25-16)7-11(22-2)14(23-3)15(13)24-4/h5-7,16,19H,1-4H3. The molecule has 0 fully saturated rings. The van der Waals surface area contributed by atoms with Gasteiger partial charge in [0.25, 0.3) is 5.56 Å². The number of hydrogen-bond acceptors (Lipinski definition) is 7. The van der Waals surface area contributed by atoms with Gasteiger partial charge >= 0.3 is 5.97 Å². The lowest BCUT2D eigenvalue weighted by molar-refractivity contribution is 0.0305. The number of aryl methyl sites for hydroxylation is 1. The SMILES string of the molecule is COc1cc2c(c(OC)c1OC)C(n1c(C)cc(O)cc1=O)OC2=O. The Balaban J connectivity index is 2.32. The Labute approximate surface area is 143 Å². The van der Waals surface area contributed by atoms with Gasteiger partial charge in [0.2, 0.25) is 12.0 Å². The molecule has 8 heteroatoms. The van der Waals surface area contributed by atoms with Crippen LogP contribution in [0, 0.1) is 6.92 Å². The second kappa shape index (κ2) is 6.04. The average Bonchev–Trinajstić information content (AvgIpc) is 2.88. The molecule has 0 spiro atoms. The molecule has 3 rings (SSSR count). The third-order valence-electron chi connectivity index (χ3n) is 4.03. The van der Waals surface area contributed by atoms with Crippen LogP contribution in [0.3, 0.4) is 0 Å². The maximum Gasteiger partial charge on any atom is 0.341 e. The molecule has 1 aromatic heterocycles. The number of fused-ring (bicyclic) bond motifs is 1. The molecular formula is C17H17NO7. The molecule has 0 amide bonds. The number of hydrogen-bond donors (Lipinski definition) is 1. The number of methoxy groups -OCH3 is 3. The quantitative estimate of drug-likeness (QED) is 0.839. The first-order valence-electron chi connectivity index (χ1n) is 7.38. The summed E-state index contributed by atoms with van der Waals surface area (Å²) in [5.41, 5.74) is 0.493. The lowest BCUT2D eigenvalue weighted by Crippen LogP contribution is -2.27. The van der Waals surface area contributed by atoms with E-state index >= 15 is 0 Å². The molecule has 0 radical (unpaired) electrons. The number of carbonyl (C=O) groups excluding carboxylic acids is 1. The van der Waals surface area contributed by atoms with Crippen LogP contribution in [-0.4, -0.2) is 37.0 Å². The van der Waals surface area contributed by atoms with E-state index in [2.05, 4.69) is 0 Å².